The Balaban J connectivity index is 2.31. The normalized spacial score (nSPS) is 10.6. The molecule has 0 amide bonds. The van der Waals surface area contributed by atoms with Crippen molar-refractivity contribution in [3.8, 4) is 5.75 Å². The average Bonchev–Trinajstić information content (AvgIpc) is 2.40. The van der Waals surface area contributed by atoms with Crippen LogP contribution in [0.3, 0.4) is 0 Å². The lowest BCUT2D eigenvalue weighted by molar-refractivity contribution is 0.305. The van der Waals surface area contributed by atoms with E-state index in [2.05, 4.69) is 17.5 Å². The Morgan fingerprint density at radius 3 is 2.68 bits per heavy atom. The number of hydrogen-bond donors (Lipinski definition) is 3. The number of nitrogens with one attached hydrogen (secondary N) is 2. The summed E-state index contributed by atoms with van der Waals surface area (Å²) >= 11 is 0. The van der Waals surface area contributed by atoms with Gasteiger partial charge in [-0.25, -0.2) is 5.43 Å². The molecule has 0 aliphatic heterocycles. The summed E-state index contributed by atoms with van der Waals surface area (Å²) in [6, 6.07) is 7.64. The molecule has 0 aliphatic carbocycles. The first-order valence-corrected chi connectivity index (χ1v) is 6.58. The molecule has 0 unspecified atom stereocenters. The van der Waals surface area contributed by atoms with Crippen molar-refractivity contribution in [2.45, 2.75) is 32.6 Å². The molecule has 0 saturated carbocycles. The van der Waals surface area contributed by atoms with Gasteiger partial charge in [-0.15, -0.1) is 0 Å². The van der Waals surface area contributed by atoms with Crippen molar-refractivity contribution >= 4 is 12.2 Å². The van der Waals surface area contributed by atoms with Gasteiger partial charge in [-0.3, -0.25) is 5.41 Å². The molecule has 0 heterocycles. The zero-order valence-corrected chi connectivity index (χ0v) is 11.4. The number of rotatable bonds is 8. The molecule has 0 radical (unpaired) electrons. The summed E-state index contributed by atoms with van der Waals surface area (Å²) in [4.78, 5) is 0. The Labute approximate surface area is 114 Å². The summed E-state index contributed by atoms with van der Waals surface area (Å²) in [6.45, 7) is 2.96. The van der Waals surface area contributed by atoms with Crippen LogP contribution in [0.15, 0.2) is 29.4 Å². The van der Waals surface area contributed by atoms with E-state index in [1.807, 2.05) is 24.3 Å². The molecule has 0 spiro atoms. The second kappa shape index (κ2) is 8.97. The van der Waals surface area contributed by atoms with Gasteiger partial charge in [0.1, 0.15) is 5.75 Å². The van der Waals surface area contributed by atoms with Crippen LogP contribution in [0.5, 0.6) is 5.75 Å². The lowest BCUT2D eigenvalue weighted by Crippen LogP contribution is -2.25. The highest BCUT2D eigenvalue weighted by Gasteiger charge is 1.94. The quantitative estimate of drug-likeness (QED) is 0.291. The Morgan fingerprint density at radius 1 is 1.32 bits per heavy atom. The number of benzene rings is 1. The standard InChI is InChI=1S/C14H22N4O/c1-2-3-4-5-10-19-13-8-6-12(7-9-13)11-17-18-14(15)16/h6-9,11H,2-5,10H2,1H3,(H4,15,16,18). The third kappa shape index (κ3) is 7.08. The third-order valence-electron chi connectivity index (χ3n) is 2.55. The molecule has 1 rings (SSSR count). The minimum Gasteiger partial charge on any atom is -0.494 e. The second-order valence-corrected chi connectivity index (χ2v) is 4.26. The molecular weight excluding hydrogens is 240 g/mol. The minimum atomic E-state index is -0.178. The lowest BCUT2D eigenvalue weighted by atomic mass is 10.2. The summed E-state index contributed by atoms with van der Waals surface area (Å²) in [7, 11) is 0. The van der Waals surface area contributed by atoms with Crippen LogP contribution in [0.25, 0.3) is 0 Å². The number of nitrogens with zero attached hydrogens (tertiary/aromatic N) is 1. The second-order valence-electron chi connectivity index (χ2n) is 4.26. The molecule has 0 bridgehead atoms. The van der Waals surface area contributed by atoms with E-state index in [9.17, 15) is 0 Å². The summed E-state index contributed by atoms with van der Waals surface area (Å²) < 4.78 is 5.64. The first-order valence-electron chi connectivity index (χ1n) is 6.58. The molecule has 104 valence electrons. The number of hydrogen-bond acceptors (Lipinski definition) is 3. The minimum absolute atomic E-state index is 0.178. The first kappa shape index (κ1) is 15.0. The number of guanidine groups is 1. The van der Waals surface area contributed by atoms with Crippen molar-refractivity contribution < 1.29 is 4.74 Å². The van der Waals surface area contributed by atoms with Crippen molar-refractivity contribution in [1.29, 1.82) is 5.41 Å². The maximum absolute atomic E-state index is 6.95. The van der Waals surface area contributed by atoms with Crippen molar-refractivity contribution in [3.05, 3.63) is 29.8 Å². The topological polar surface area (TPSA) is 83.5 Å². The Bertz CT molecular complexity index is 400. The van der Waals surface area contributed by atoms with Crippen LogP contribution in [0.1, 0.15) is 38.2 Å². The molecule has 1 aromatic carbocycles. The van der Waals surface area contributed by atoms with E-state index in [0.29, 0.717) is 0 Å². The van der Waals surface area contributed by atoms with Crippen molar-refractivity contribution in [3.63, 3.8) is 0 Å². The zero-order valence-electron chi connectivity index (χ0n) is 11.4. The van der Waals surface area contributed by atoms with Crippen LogP contribution < -0.4 is 15.9 Å². The van der Waals surface area contributed by atoms with Crippen molar-refractivity contribution in [2.24, 2.45) is 10.8 Å². The summed E-state index contributed by atoms with van der Waals surface area (Å²) in [5.41, 5.74) is 8.39. The van der Waals surface area contributed by atoms with Crippen LogP contribution >= 0.6 is 0 Å². The van der Waals surface area contributed by atoms with Crippen LogP contribution in [-0.4, -0.2) is 18.8 Å². The summed E-state index contributed by atoms with van der Waals surface area (Å²) in [5, 5.41) is 10.8. The summed E-state index contributed by atoms with van der Waals surface area (Å²) in [5.74, 6) is 0.691. The number of hydrazone groups is 1. The SMILES string of the molecule is CCCCCCOc1ccc(C=NNC(=N)N)cc1. The molecule has 5 heteroatoms. The average molecular weight is 262 g/mol. The van der Waals surface area contributed by atoms with Gasteiger partial charge < -0.3 is 10.5 Å². The Morgan fingerprint density at radius 2 is 2.05 bits per heavy atom. The number of ether oxygens (including phenoxy) is 1. The van der Waals surface area contributed by atoms with Gasteiger partial charge in [-0.2, -0.15) is 5.10 Å². The van der Waals surface area contributed by atoms with Gasteiger partial charge in [-0.05, 0) is 36.2 Å². The maximum atomic E-state index is 6.95. The zero-order chi connectivity index (χ0) is 13.9. The fourth-order valence-electron chi connectivity index (χ4n) is 1.55. The van der Waals surface area contributed by atoms with Crippen LogP contribution in [-0.2, 0) is 0 Å². The fourth-order valence-corrected chi connectivity index (χ4v) is 1.55. The highest BCUT2D eigenvalue weighted by atomic mass is 16.5. The monoisotopic (exact) mass is 262 g/mol. The molecule has 5 nitrogen and oxygen atoms in total. The highest BCUT2D eigenvalue weighted by molar-refractivity contribution is 5.82. The van der Waals surface area contributed by atoms with E-state index in [1.165, 1.54) is 19.3 Å². The van der Waals surface area contributed by atoms with Gasteiger partial charge in [0.25, 0.3) is 0 Å². The number of nitrogens with two attached hydrogens (primary N) is 1. The van der Waals surface area contributed by atoms with Gasteiger partial charge in [-0.1, -0.05) is 26.2 Å². The molecule has 19 heavy (non-hydrogen) atoms. The first-order chi connectivity index (χ1) is 9.22. The largest absolute Gasteiger partial charge is 0.494 e. The molecule has 0 aromatic heterocycles. The molecule has 0 fully saturated rings. The summed E-state index contributed by atoms with van der Waals surface area (Å²) in [6.07, 6.45) is 6.42. The lowest BCUT2D eigenvalue weighted by Gasteiger charge is -2.05. The van der Waals surface area contributed by atoms with Crippen LogP contribution in [0.4, 0.5) is 0 Å². The van der Waals surface area contributed by atoms with E-state index in [0.717, 1.165) is 24.3 Å². The van der Waals surface area contributed by atoms with Gasteiger partial charge in [0.05, 0.1) is 12.8 Å². The predicted octanol–water partition coefficient (Wildman–Crippen LogP) is 2.46. The highest BCUT2D eigenvalue weighted by Crippen LogP contribution is 2.12. The van der Waals surface area contributed by atoms with Gasteiger partial charge in [0.15, 0.2) is 0 Å². The van der Waals surface area contributed by atoms with Crippen molar-refractivity contribution in [2.75, 3.05) is 6.61 Å². The van der Waals surface area contributed by atoms with Crippen molar-refractivity contribution in [1.82, 2.24) is 5.43 Å². The number of unbranched alkanes of at least 4 members (excludes halogenated alkanes) is 3. The van der Waals surface area contributed by atoms with Crippen LogP contribution in [0.2, 0.25) is 0 Å². The molecule has 4 N–H and O–H groups in total. The molecular formula is C14H22N4O. The van der Waals surface area contributed by atoms with E-state index in [-0.39, 0.29) is 5.96 Å². The van der Waals surface area contributed by atoms with Gasteiger partial charge in [0, 0.05) is 0 Å². The molecule has 0 saturated heterocycles. The third-order valence-corrected chi connectivity index (χ3v) is 2.55. The Hall–Kier alpha value is -2.04. The Kier molecular flexibility index (Phi) is 7.09. The van der Waals surface area contributed by atoms with Crippen LogP contribution in [0, 0.1) is 5.41 Å². The fraction of sp³-hybridized carbons (Fsp3) is 0.429. The van der Waals surface area contributed by atoms with E-state index >= 15 is 0 Å². The maximum Gasteiger partial charge on any atom is 0.206 e. The molecule has 1 aromatic rings. The molecule has 0 atom stereocenters. The van der Waals surface area contributed by atoms with E-state index in [1.54, 1.807) is 6.21 Å². The molecule has 0 aliphatic rings. The van der Waals surface area contributed by atoms with Gasteiger partial charge in [0.2, 0.25) is 5.96 Å². The van der Waals surface area contributed by atoms with E-state index < -0.39 is 0 Å². The predicted molar refractivity (Wildman–Crippen MR) is 78.7 cm³/mol. The smallest absolute Gasteiger partial charge is 0.206 e. The van der Waals surface area contributed by atoms with E-state index in [4.69, 9.17) is 15.9 Å². The van der Waals surface area contributed by atoms with Gasteiger partial charge >= 0.3 is 0 Å².